The highest BCUT2D eigenvalue weighted by atomic mass is 16.6. The first-order chi connectivity index (χ1) is 11.6. The molecular formula is C19H34N4O2. The summed E-state index contributed by atoms with van der Waals surface area (Å²) in [6, 6.07) is 0. The van der Waals surface area contributed by atoms with Gasteiger partial charge in [-0.1, -0.05) is 19.8 Å². The molecule has 1 aliphatic rings. The Bertz CT molecular complexity index is 591. The van der Waals surface area contributed by atoms with E-state index in [0.29, 0.717) is 12.5 Å². The molecule has 0 saturated heterocycles. The predicted octanol–water partition coefficient (Wildman–Crippen LogP) is 3.29. The monoisotopic (exact) mass is 350 g/mol. The van der Waals surface area contributed by atoms with Crippen molar-refractivity contribution in [2.45, 2.75) is 78.0 Å². The SMILES string of the molecule is Cc1nn(C)cc1CNC1(CNC(=O)OC(C)(C)C)CCCCC1C. The number of nitrogens with zero attached hydrogens (tertiary/aromatic N) is 2. The number of rotatable bonds is 5. The Morgan fingerprint density at radius 3 is 2.72 bits per heavy atom. The van der Waals surface area contributed by atoms with Crippen molar-refractivity contribution in [3.8, 4) is 0 Å². The molecule has 142 valence electrons. The molecular weight excluding hydrogens is 316 g/mol. The van der Waals surface area contributed by atoms with Gasteiger partial charge in [0.1, 0.15) is 5.60 Å². The molecule has 1 fully saturated rings. The van der Waals surface area contributed by atoms with E-state index in [1.54, 1.807) is 0 Å². The second kappa shape index (κ2) is 7.77. The van der Waals surface area contributed by atoms with Crippen LogP contribution in [0.3, 0.4) is 0 Å². The molecule has 1 aromatic rings. The van der Waals surface area contributed by atoms with Crippen molar-refractivity contribution < 1.29 is 9.53 Å². The average molecular weight is 351 g/mol. The normalized spacial score (nSPS) is 24.2. The van der Waals surface area contributed by atoms with Crippen LogP contribution in [-0.4, -0.2) is 33.6 Å². The molecule has 1 aromatic heterocycles. The number of nitrogens with one attached hydrogen (secondary N) is 2. The zero-order chi connectivity index (χ0) is 18.7. The molecule has 1 aliphatic carbocycles. The van der Waals surface area contributed by atoms with Crippen molar-refractivity contribution >= 4 is 6.09 Å². The summed E-state index contributed by atoms with van der Waals surface area (Å²) in [5.74, 6) is 0.494. The minimum atomic E-state index is -0.477. The van der Waals surface area contributed by atoms with Crippen LogP contribution in [0.1, 0.15) is 64.6 Å². The van der Waals surface area contributed by atoms with Crippen LogP contribution >= 0.6 is 0 Å². The molecule has 2 N–H and O–H groups in total. The molecule has 1 heterocycles. The lowest BCUT2D eigenvalue weighted by atomic mass is 9.73. The number of aryl methyl sites for hydroxylation is 2. The molecule has 0 bridgehead atoms. The third-order valence-corrected chi connectivity index (χ3v) is 5.15. The van der Waals surface area contributed by atoms with E-state index < -0.39 is 5.60 Å². The summed E-state index contributed by atoms with van der Waals surface area (Å²) in [7, 11) is 1.94. The molecule has 2 atom stereocenters. The highest BCUT2D eigenvalue weighted by Gasteiger charge is 2.38. The number of amides is 1. The highest BCUT2D eigenvalue weighted by molar-refractivity contribution is 5.67. The van der Waals surface area contributed by atoms with E-state index in [-0.39, 0.29) is 11.6 Å². The lowest BCUT2D eigenvalue weighted by Gasteiger charge is -2.44. The molecule has 0 radical (unpaired) electrons. The van der Waals surface area contributed by atoms with Gasteiger partial charge in [0, 0.05) is 37.4 Å². The van der Waals surface area contributed by atoms with E-state index in [2.05, 4.69) is 28.9 Å². The molecule has 6 nitrogen and oxygen atoms in total. The van der Waals surface area contributed by atoms with E-state index in [1.165, 1.54) is 24.8 Å². The summed E-state index contributed by atoms with van der Waals surface area (Å²) < 4.78 is 7.25. The summed E-state index contributed by atoms with van der Waals surface area (Å²) in [4.78, 5) is 12.1. The minimum absolute atomic E-state index is 0.0998. The van der Waals surface area contributed by atoms with Gasteiger partial charge < -0.3 is 15.4 Å². The summed E-state index contributed by atoms with van der Waals surface area (Å²) in [6.45, 7) is 11.3. The molecule has 0 spiro atoms. The number of aromatic nitrogens is 2. The van der Waals surface area contributed by atoms with Crippen LogP contribution < -0.4 is 10.6 Å². The zero-order valence-electron chi connectivity index (χ0n) is 16.6. The van der Waals surface area contributed by atoms with Gasteiger partial charge >= 0.3 is 6.09 Å². The Morgan fingerprint density at radius 2 is 2.16 bits per heavy atom. The van der Waals surface area contributed by atoms with Crippen LogP contribution in [0.2, 0.25) is 0 Å². The number of alkyl carbamates (subject to hydrolysis) is 1. The zero-order valence-corrected chi connectivity index (χ0v) is 16.6. The van der Waals surface area contributed by atoms with Crippen LogP contribution in [-0.2, 0) is 18.3 Å². The quantitative estimate of drug-likeness (QED) is 0.855. The van der Waals surface area contributed by atoms with Gasteiger partial charge in [0.05, 0.1) is 5.69 Å². The largest absolute Gasteiger partial charge is 0.444 e. The van der Waals surface area contributed by atoms with Crippen molar-refractivity contribution in [3.05, 3.63) is 17.5 Å². The second-order valence-electron chi connectivity index (χ2n) is 8.43. The number of hydrogen-bond acceptors (Lipinski definition) is 4. The minimum Gasteiger partial charge on any atom is -0.444 e. The first-order valence-electron chi connectivity index (χ1n) is 9.32. The highest BCUT2D eigenvalue weighted by Crippen LogP contribution is 2.33. The maximum atomic E-state index is 12.1. The predicted molar refractivity (Wildman–Crippen MR) is 99.4 cm³/mol. The number of hydrogen-bond donors (Lipinski definition) is 2. The van der Waals surface area contributed by atoms with Crippen LogP contribution in [0.5, 0.6) is 0 Å². The first-order valence-corrected chi connectivity index (χ1v) is 9.32. The fourth-order valence-electron chi connectivity index (χ4n) is 3.64. The fourth-order valence-corrected chi connectivity index (χ4v) is 3.64. The van der Waals surface area contributed by atoms with E-state index in [1.807, 2.05) is 39.4 Å². The maximum absolute atomic E-state index is 12.1. The average Bonchev–Trinajstić information content (AvgIpc) is 2.82. The van der Waals surface area contributed by atoms with E-state index in [9.17, 15) is 4.79 Å². The van der Waals surface area contributed by atoms with Gasteiger partial charge in [0.15, 0.2) is 0 Å². The van der Waals surface area contributed by atoms with Crippen LogP contribution in [0.15, 0.2) is 6.20 Å². The molecule has 1 saturated carbocycles. The summed E-state index contributed by atoms with van der Waals surface area (Å²) >= 11 is 0. The Hall–Kier alpha value is -1.56. The molecule has 1 amide bonds. The Kier molecular flexibility index (Phi) is 6.14. The fraction of sp³-hybridized carbons (Fsp3) is 0.789. The van der Waals surface area contributed by atoms with E-state index in [0.717, 1.165) is 18.7 Å². The van der Waals surface area contributed by atoms with E-state index in [4.69, 9.17) is 4.74 Å². The molecule has 2 rings (SSSR count). The Morgan fingerprint density at radius 1 is 1.44 bits per heavy atom. The van der Waals surface area contributed by atoms with Gasteiger partial charge in [-0.2, -0.15) is 5.10 Å². The lowest BCUT2D eigenvalue weighted by Crippen LogP contribution is -2.58. The number of carbonyl (C=O) groups excluding carboxylic acids is 1. The van der Waals surface area contributed by atoms with Crippen LogP contribution in [0.25, 0.3) is 0 Å². The van der Waals surface area contributed by atoms with Gasteiger partial charge in [0.25, 0.3) is 0 Å². The summed E-state index contributed by atoms with van der Waals surface area (Å²) in [5, 5.41) is 11.2. The van der Waals surface area contributed by atoms with Crippen molar-refractivity contribution in [1.82, 2.24) is 20.4 Å². The van der Waals surface area contributed by atoms with Gasteiger partial charge in [-0.25, -0.2) is 4.79 Å². The van der Waals surface area contributed by atoms with Crippen molar-refractivity contribution in [2.75, 3.05) is 6.54 Å². The summed E-state index contributed by atoms with van der Waals surface area (Å²) in [6.07, 6.45) is 6.38. The van der Waals surface area contributed by atoms with Crippen LogP contribution in [0, 0.1) is 12.8 Å². The van der Waals surface area contributed by atoms with Crippen LogP contribution in [0.4, 0.5) is 4.79 Å². The van der Waals surface area contributed by atoms with Gasteiger partial charge in [-0.3, -0.25) is 4.68 Å². The van der Waals surface area contributed by atoms with Crippen molar-refractivity contribution in [3.63, 3.8) is 0 Å². The molecule has 6 heteroatoms. The Balaban J connectivity index is 2.03. The summed E-state index contributed by atoms with van der Waals surface area (Å²) in [5.41, 5.74) is 1.68. The Labute approximate surface area is 151 Å². The second-order valence-corrected chi connectivity index (χ2v) is 8.43. The number of carbonyl (C=O) groups is 1. The molecule has 0 aromatic carbocycles. The van der Waals surface area contributed by atoms with Gasteiger partial charge in [-0.15, -0.1) is 0 Å². The standard InChI is InChI=1S/C19H34N4O2/c1-14-9-7-8-10-19(14,13-20-17(24)25-18(3,4)5)21-11-16-12-23(6)22-15(16)2/h12,14,21H,7-11,13H2,1-6H3,(H,20,24). The molecule has 2 unspecified atom stereocenters. The maximum Gasteiger partial charge on any atom is 0.407 e. The van der Waals surface area contributed by atoms with Gasteiger partial charge in [0.2, 0.25) is 0 Å². The third-order valence-electron chi connectivity index (χ3n) is 5.15. The lowest BCUT2D eigenvalue weighted by molar-refractivity contribution is 0.0479. The van der Waals surface area contributed by atoms with Crippen molar-refractivity contribution in [1.29, 1.82) is 0 Å². The van der Waals surface area contributed by atoms with E-state index >= 15 is 0 Å². The number of ether oxygens (including phenoxy) is 1. The molecule has 25 heavy (non-hydrogen) atoms. The molecule has 0 aliphatic heterocycles. The van der Waals surface area contributed by atoms with Gasteiger partial charge in [-0.05, 0) is 46.5 Å². The third kappa shape index (κ3) is 5.46. The first kappa shape index (κ1) is 19.8. The smallest absolute Gasteiger partial charge is 0.407 e. The van der Waals surface area contributed by atoms with Crippen molar-refractivity contribution in [2.24, 2.45) is 13.0 Å². The topological polar surface area (TPSA) is 68.2 Å².